The highest BCUT2D eigenvalue weighted by Gasteiger charge is 2.47. The summed E-state index contributed by atoms with van der Waals surface area (Å²) >= 11 is 0. The lowest BCUT2D eigenvalue weighted by molar-refractivity contribution is -0.132. The van der Waals surface area contributed by atoms with Crippen molar-refractivity contribution in [3.05, 3.63) is 100 Å². The third-order valence-corrected chi connectivity index (χ3v) is 6.20. The number of anilines is 1. The molecule has 0 saturated carbocycles. The fourth-order valence-corrected chi connectivity index (χ4v) is 4.38. The van der Waals surface area contributed by atoms with E-state index >= 15 is 4.39 Å². The molecule has 0 radical (unpaired) electrons. The van der Waals surface area contributed by atoms with Crippen LogP contribution in [0.5, 0.6) is 5.75 Å². The molecule has 0 aromatic heterocycles. The summed E-state index contributed by atoms with van der Waals surface area (Å²) in [5.41, 5.74) is 1.25. The lowest BCUT2D eigenvalue weighted by atomic mass is 9.84. The lowest BCUT2D eigenvalue weighted by Gasteiger charge is -2.26. The smallest absolute Gasteiger partial charge is 0.300 e. The summed E-state index contributed by atoms with van der Waals surface area (Å²) < 4.78 is 20.5. The Morgan fingerprint density at radius 1 is 1.06 bits per heavy atom. The van der Waals surface area contributed by atoms with Crippen LogP contribution in [0.4, 0.5) is 10.1 Å². The molecule has 0 spiro atoms. The summed E-state index contributed by atoms with van der Waals surface area (Å²) in [4.78, 5) is 27.7. The van der Waals surface area contributed by atoms with Crippen molar-refractivity contribution in [2.45, 2.75) is 32.2 Å². The standard InChI is InChI=1S/C29H25FN2O4/c1-29(2,3)21-15-18(11-14-23(21)36-4)26(33)24-25(20-7-5-6-8-22(20)30)32(28(35)27(24)34)19-12-9-17(16-31)10-13-19/h5-15,25,33H,1-4H3/b26-24+. The molecule has 0 aliphatic carbocycles. The number of aliphatic hydroxyl groups is 1. The molecule has 1 amide bonds. The highest BCUT2D eigenvalue weighted by Crippen LogP contribution is 2.43. The first-order valence-corrected chi connectivity index (χ1v) is 11.3. The van der Waals surface area contributed by atoms with E-state index in [1.54, 1.807) is 31.4 Å². The van der Waals surface area contributed by atoms with Gasteiger partial charge >= 0.3 is 0 Å². The van der Waals surface area contributed by atoms with Gasteiger partial charge in [-0.05, 0) is 53.9 Å². The molecule has 0 bridgehead atoms. The fourth-order valence-electron chi connectivity index (χ4n) is 4.38. The Balaban J connectivity index is 1.97. The molecule has 6 nitrogen and oxygen atoms in total. The Morgan fingerprint density at radius 3 is 2.31 bits per heavy atom. The van der Waals surface area contributed by atoms with E-state index in [4.69, 9.17) is 10.00 Å². The van der Waals surface area contributed by atoms with Gasteiger partial charge in [0.15, 0.2) is 0 Å². The Bertz CT molecular complexity index is 1430. The van der Waals surface area contributed by atoms with Gasteiger partial charge in [0.25, 0.3) is 11.7 Å². The Labute approximate surface area is 208 Å². The molecule has 1 N–H and O–H groups in total. The maximum Gasteiger partial charge on any atom is 0.300 e. The summed E-state index contributed by atoms with van der Waals surface area (Å²) in [5.74, 6) is -2.26. The summed E-state index contributed by atoms with van der Waals surface area (Å²) in [6, 6.07) is 17.6. The van der Waals surface area contributed by atoms with E-state index in [-0.39, 0.29) is 16.6 Å². The average Bonchev–Trinajstić information content (AvgIpc) is 3.13. The van der Waals surface area contributed by atoms with Gasteiger partial charge in [-0.3, -0.25) is 14.5 Å². The van der Waals surface area contributed by atoms with Gasteiger partial charge in [-0.1, -0.05) is 39.0 Å². The highest BCUT2D eigenvalue weighted by molar-refractivity contribution is 6.51. The number of rotatable bonds is 4. The number of hydrogen-bond acceptors (Lipinski definition) is 5. The number of nitriles is 1. The third kappa shape index (κ3) is 4.22. The van der Waals surface area contributed by atoms with Crippen molar-refractivity contribution in [2.24, 2.45) is 0 Å². The van der Waals surface area contributed by atoms with Crippen LogP contribution >= 0.6 is 0 Å². The second-order valence-electron chi connectivity index (χ2n) is 9.51. The fraction of sp³-hybridized carbons (Fsp3) is 0.207. The van der Waals surface area contributed by atoms with Crippen LogP contribution in [0.3, 0.4) is 0 Å². The summed E-state index contributed by atoms with van der Waals surface area (Å²) in [6.07, 6.45) is 0. The molecular formula is C29H25FN2O4. The number of hydrogen-bond donors (Lipinski definition) is 1. The summed E-state index contributed by atoms with van der Waals surface area (Å²) in [7, 11) is 1.55. The van der Waals surface area contributed by atoms with Crippen molar-refractivity contribution in [1.82, 2.24) is 0 Å². The minimum Gasteiger partial charge on any atom is -0.507 e. The number of halogens is 1. The normalized spacial score (nSPS) is 17.2. The number of carbonyl (C=O) groups is 2. The molecule has 36 heavy (non-hydrogen) atoms. The molecule has 1 atom stereocenters. The van der Waals surface area contributed by atoms with Crippen LogP contribution in [-0.2, 0) is 15.0 Å². The minimum atomic E-state index is -1.21. The van der Waals surface area contributed by atoms with E-state index in [1.165, 1.54) is 42.5 Å². The Kier molecular flexibility index (Phi) is 6.38. The lowest BCUT2D eigenvalue weighted by Crippen LogP contribution is -2.29. The maximum atomic E-state index is 15.0. The monoisotopic (exact) mass is 484 g/mol. The number of Topliss-reactive ketones (excluding diaryl/α,β-unsaturated/α-hetero) is 1. The van der Waals surface area contributed by atoms with E-state index in [0.717, 1.165) is 10.5 Å². The van der Waals surface area contributed by atoms with E-state index in [9.17, 15) is 14.7 Å². The number of carbonyl (C=O) groups excluding carboxylic acids is 2. The Morgan fingerprint density at radius 2 is 1.72 bits per heavy atom. The van der Waals surface area contributed by atoms with Gasteiger partial charge in [0.1, 0.15) is 17.3 Å². The van der Waals surface area contributed by atoms with Crippen LogP contribution in [0.15, 0.2) is 72.3 Å². The van der Waals surface area contributed by atoms with Crippen LogP contribution < -0.4 is 9.64 Å². The van der Waals surface area contributed by atoms with Gasteiger partial charge in [-0.25, -0.2) is 4.39 Å². The van der Waals surface area contributed by atoms with Gasteiger partial charge in [-0.2, -0.15) is 5.26 Å². The second kappa shape index (κ2) is 9.31. The number of aliphatic hydroxyl groups excluding tert-OH is 1. The van der Waals surface area contributed by atoms with Crippen molar-refractivity contribution >= 4 is 23.1 Å². The largest absolute Gasteiger partial charge is 0.507 e. The molecule has 182 valence electrons. The SMILES string of the molecule is COc1ccc(/C(O)=C2\C(=O)C(=O)N(c3ccc(C#N)cc3)C2c2ccccc2F)cc1C(C)(C)C. The average molecular weight is 485 g/mol. The number of nitrogens with zero attached hydrogens (tertiary/aromatic N) is 2. The first-order chi connectivity index (χ1) is 17.1. The van der Waals surface area contributed by atoms with E-state index in [0.29, 0.717) is 22.6 Å². The van der Waals surface area contributed by atoms with Gasteiger partial charge in [0, 0.05) is 22.4 Å². The van der Waals surface area contributed by atoms with E-state index in [2.05, 4.69) is 0 Å². The Hall–Kier alpha value is -4.44. The van der Waals surface area contributed by atoms with Crippen molar-refractivity contribution in [1.29, 1.82) is 5.26 Å². The quantitative estimate of drug-likeness (QED) is 0.294. The van der Waals surface area contributed by atoms with Crippen LogP contribution in [0, 0.1) is 17.1 Å². The molecule has 1 unspecified atom stereocenters. The van der Waals surface area contributed by atoms with Crippen molar-refractivity contribution < 1.29 is 23.8 Å². The van der Waals surface area contributed by atoms with Crippen LogP contribution in [0.2, 0.25) is 0 Å². The molecule has 1 aliphatic rings. The first kappa shape index (κ1) is 24.7. The molecular weight excluding hydrogens is 459 g/mol. The van der Waals surface area contributed by atoms with Crippen molar-refractivity contribution in [3.63, 3.8) is 0 Å². The summed E-state index contributed by atoms with van der Waals surface area (Å²) in [6.45, 7) is 5.95. The predicted molar refractivity (Wildman–Crippen MR) is 134 cm³/mol. The molecule has 1 heterocycles. The zero-order valence-corrected chi connectivity index (χ0v) is 20.4. The molecule has 3 aromatic carbocycles. The van der Waals surface area contributed by atoms with Gasteiger partial charge in [0.2, 0.25) is 0 Å². The molecule has 7 heteroatoms. The van der Waals surface area contributed by atoms with E-state index < -0.39 is 29.3 Å². The van der Waals surface area contributed by atoms with Gasteiger partial charge in [0.05, 0.1) is 30.4 Å². The summed E-state index contributed by atoms with van der Waals surface area (Å²) in [5, 5.41) is 20.5. The minimum absolute atomic E-state index is 0.0622. The number of ketones is 1. The topological polar surface area (TPSA) is 90.6 Å². The maximum absolute atomic E-state index is 15.0. The number of ether oxygens (including phenoxy) is 1. The predicted octanol–water partition coefficient (Wildman–Crippen LogP) is 5.63. The van der Waals surface area contributed by atoms with Crippen LogP contribution in [-0.4, -0.2) is 23.9 Å². The number of benzene rings is 3. The van der Waals surface area contributed by atoms with Crippen LogP contribution in [0.1, 0.15) is 49.1 Å². The van der Waals surface area contributed by atoms with Gasteiger partial charge in [-0.15, -0.1) is 0 Å². The molecule has 1 aliphatic heterocycles. The molecule has 4 rings (SSSR count). The number of methoxy groups -OCH3 is 1. The highest BCUT2D eigenvalue weighted by atomic mass is 19.1. The molecule has 3 aromatic rings. The molecule has 1 saturated heterocycles. The van der Waals surface area contributed by atoms with Gasteiger partial charge < -0.3 is 9.84 Å². The third-order valence-electron chi connectivity index (χ3n) is 6.20. The van der Waals surface area contributed by atoms with Crippen molar-refractivity contribution in [2.75, 3.05) is 12.0 Å². The van der Waals surface area contributed by atoms with Crippen LogP contribution in [0.25, 0.3) is 5.76 Å². The zero-order chi connectivity index (χ0) is 26.2. The molecule has 1 fully saturated rings. The van der Waals surface area contributed by atoms with E-state index in [1.807, 2.05) is 26.8 Å². The first-order valence-electron chi connectivity index (χ1n) is 11.3. The zero-order valence-electron chi connectivity index (χ0n) is 20.4. The number of amides is 1. The second-order valence-corrected chi connectivity index (χ2v) is 9.51. The van der Waals surface area contributed by atoms with Crippen molar-refractivity contribution in [3.8, 4) is 11.8 Å².